The Hall–Kier alpha value is -1.69. The molecular formula is C24H26BrNO3. The number of quaternary nitrogens is 1. The van der Waals surface area contributed by atoms with Crippen molar-refractivity contribution in [2.45, 2.75) is 43.1 Å². The molecule has 0 aromatic heterocycles. The van der Waals surface area contributed by atoms with Crippen molar-refractivity contribution in [3.05, 3.63) is 59.7 Å². The summed E-state index contributed by atoms with van der Waals surface area (Å²) in [6.45, 7) is 0. The van der Waals surface area contributed by atoms with Crippen LogP contribution < -0.4 is 17.0 Å². The smallest absolute Gasteiger partial charge is 0.348 e. The number of ether oxygens (including phenoxy) is 1. The zero-order valence-electron chi connectivity index (χ0n) is 16.7. The molecule has 1 saturated carbocycles. The molecule has 0 amide bonds. The second-order valence-electron chi connectivity index (χ2n) is 9.63. The number of fused-ring (bicyclic) bond motifs is 8. The third-order valence-corrected chi connectivity index (χ3v) is 8.09. The number of aliphatic hydroxyl groups is 1. The van der Waals surface area contributed by atoms with E-state index in [2.05, 4.69) is 14.1 Å². The lowest BCUT2D eigenvalue weighted by Crippen LogP contribution is -3.00. The van der Waals surface area contributed by atoms with Gasteiger partial charge in [-0.15, -0.1) is 0 Å². The molecule has 2 heterocycles. The van der Waals surface area contributed by atoms with Gasteiger partial charge in [0.05, 0.1) is 26.2 Å². The second kappa shape index (κ2) is 6.16. The van der Waals surface area contributed by atoms with Crippen molar-refractivity contribution < 1.29 is 36.1 Å². The first-order valence-corrected chi connectivity index (χ1v) is 10.4. The molecule has 152 valence electrons. The molecule has 4 aliphatic rings. The number of esters is 1. The highest BCUT2D eigenvalue weighted by Crippen LogP contribution is 2.61. The van der Waals surface area contributed by atoms with Gasteiger partial charge in [-0.25, -0.2) is 4.79 Å². The van der Waals surface area contributed by atoms with Gasteiger partial charge in [-0.2, -0.15) is 0 Å². The summed E-state index contributed by atoms with van der Waals surface area (Å²) < 4.78 is 7.10. The van der Waals surface area contributed by atoms with E-state index in [1.807, 2.05) is 48.5 Å². The number of carbonyl (C=O) groups excluding carboxylic acids is 1. The molecule has 5 heteroatoms. The normalized spacial score (nSPS) is 33.7. The minimum atomic E-state index is -1.71. The van der Waals surface area contributed by atoms with E-state index in [4.69, 9.17) is 4.74 Å². The van der Waals surface area contributed by atoms with Gasteiger partial charge in [0.15, 0.2) is 0 Å². The van der Waals surface area contributed by atoms with E-state index >= 15 is 0 Å². The predicted octanol–water partition coefficient (Wildman–Crippen LogP) is 0.0758. The summed E-state index contributed by atoms with van der Waals surface area (Å²) in [7, 11) is 4.66. The number of hydrogen-bond acceptors (Lipinski definition) is 3. The molecule has 2 aromatic rings. The SMILES string of the molecule is C[N+]1(C)[C@@H]2CC(OC(=O)C3(O)c4ccccc4-c4ccccc43)C[C@H]1[C@H]1C[C@H]12.[Br-]. The van der Waals surface area contributed by atoms with E-state index in [9.17, 15) is 9.90 Å². The Morgan fingerprint density at radius 1 is 0.931 bits per heavy atom. The molecule has 6 rings (SSSR count). The van der Waals surface area contributed by atoms with Crippen LogP contribution in [0.2, 0.25) is 0 Å². The lowest BCUT2D eigenvalue weighted by atomic mass is 9.90. The lowest BCUT2D eigenvalue weighted by Gasteiger charge is -2.46. The van der Waals surface area contributed by atoms with Gasteiger partial charge >= 0.3 is 5.97 Å². The van der Waals surface area contributed by atoms with Crippen LogP contribution in [0, 0.1) is 11.8 Å². The van der Waals surface area contributed by atoms with E-state index in [0.717, 1.165) is 40.3 Å². The van der Waals surface area contributed by atoms with E-state index in [-0.39, 0.29) is 23.1 Å². The van der Waals surface area contributed by atoms with Crippen LogP contribution >= 0.6 is 0 Å². The zero-order valence-corrected chi connectivity index (χ0v) is 18.3. The van der Waals surface area contributed by atoms with Gasteiger partial charge in [0.1, 0.15) is 6.10 Å². The zero-order chi connectivity index (χ0) is 19.3. The number of rotatable bonds is 2. The average molecular weight is 456 g/mol. The van der Waals surface area contributed by atoms with E-state index in [0.29, 0.717) is 23.2 Å². The third kappa shape index (κ3) is 2.41. The van der Waals surface area contributed by atoms with Crippen molar-refractivity contribution in [2.24, 2.45) is 11.8 Å². The lowest BCUT2D eigenvalue weighted by molar-refractivity contribution is -0.937. The summed E-state index contributed by atoms with van der Waals surface area (Å²) >= 11 is 0. The summed E-state index contributed by atoms with van der Waals surface area (Å²) in [6, 6.07) is 16.4. The number of carbonyl (C=O) groups is 1. The molecule has 1 N–H and O–H groups in total. The number of piperidine rings is 2. The quantitative estimate of drug-likeness (QED) is 0.515. The van der Waals surface area contributed by atoms with Crippen molar-refractivity contribution in [2.75, 3.05) is 14.1 Å². The van der Waals surface area contributed by atoms with Crippen LogP contribution in [-0.2, 0) is 15.1 Å². The highest BCUT2D eigenvalue weighted by molar-refractivity contribution is 5.96. The van der Waals surface area contributed by atoms with Crippen LogP contribution in [0.3, 0.4) is 0 Å². The topological polar surface area (TPSA) is 46.5 Å². The minimum absolute atomic E-state index is 0. The Balaban J connectivity index is 0.00000181. The Kier molecular flexibility index (Phi) is 4.10. The number of nitrogens with zero attached hydrogens (tertiary/aromatic N) is 1. The second-order valence-corrected chi connectivity index (χ2v) is 9.63. The van der Waals surface area contributed by atoms with Crippen molar-refractivity contribution in [3.8, 4) is 11.1 Å². The Morgan fingerprint density at radius 3 is 1.93 bits per heavy atom. The van der Waals surface area contributed by atoms with E-state index in [1.54, 1.807) is 0 Å². The fourth-order valence-electron chi connectivity index (χ4n) is 6.65. The van der Waals surface area contributed by atoms with Gasteiger partial charge in [-0.3, -0.25) is 0 Å². The minimum Gasteiger partial charge on any atom is -1.00 e. The van der Waals surface area contributed by atoms with Gasteiger partial charge in [-0.1, -0.05) is 48.5 Å². The first kappa shape index (κ1) is 19.3. The molecule has 5 atom stereocenters. The van der Waals surface area contributed by atoms with Crippen LogP contribution in [0.4, 0.5) is 0 Å². The molecule has 0 radical (unpaired) electrons. The number of hydrogen-bond donors (Lipinski definition) is 1. The van der Waals surface area contributed by atoms with Gasteiger partial charge in [0.25, 0.3) is 0 Å². The first-order valence-electron chi connectivity index (χ1n) is 10.4. The van der Waals surface area contributed by atoms with Crippen LogP contribution in [-0.4, -0.2) is 47.8 Å². The Labute approximate surface area is 181 Å². The maximum atomic E-state index is 13.4. The maximum Gasteiger partial charge on any atom is 0.348 e. The third-order valence-electron chi connectivity index (χ3n) is 8.09. The molecule has 2 aliphatic heterocycles. The summed E-state index contributed by atoms with van der Waals surface area (Å²) in [6.07, 6.45) is 3.08. The van der Waals surface area contributed by atoms with E-state index in [1.165, 1.54) is 6.42 Å². The standard InChI is InChI=1S/C24H26NO3.BrH/c1-25(2)21-11-14(12-22(25)18-13-17(18)21)28-23(26)24(27)19-9-5-3-7-15(19)16-8-4-6-10-20(16)24;/h3-10,14,17-18,21-22,27H,11-13H2,1-2H3;1H/q+1;/p-1/t14?,17-,18+,21-,22+;. The first-order chi connectivity index (χ1) is 13.4. The van der Waals surface area contributed by atoms with Crippen molar-refractivity contribution in [1.82, 2.24) is 0 Å². The summed E-state index contributed by atoms with van der Waals surface area (Å²) in [5, 5.41) is 11.6. The molecule has 2 aromatic carbocycles. The van der Waals surface area contributed by atoms with Gasteiger partial charge < -0.3 is 31.3 Å². The monoisotopic (exact) mass is 455 g/mol. The van der Waals surface area contributed by atoms with Crippen LogP contribution in [0.15, 0.2) is 48.5 Å². The van der Waals surface area contributed by atoms with Crippen LogP contribution in [0.5, 0.6) is 0 Å². The van der Waals surface area contributed by atoms with Gasteiger partial charge in [0, 0.05) is 35.8 Å². The molecule has 4 nitrogen and oxygen atoms in total. The highest BCUT2D eigenvalue weighted by Gasteiger charge is 2.68. The van der Waals surface area contributed by atoms with Gasteiger partial charge in [-0.05, 0) is 17.5 Å². The molecule has 2 bridgehead atoms. The largest absolute Gasteiger partial charge is 1.00 e. The number of halogens is 1. The number of benzene rings is 2. The molecular weight excluding hydrogens is 430 g/mol. The van der Waals surface area contributed by atoms with Crippen molar-refractivity contribution >= 4 is 5.97 Å². The average Bonchev–Trinajstić information content (AvgIpc) is 3.40. The van der Waals surface area contributed by atoms with Crippen molar-refractivity contribution in [3.63, 3.8) is 0 Å². The maximum absolute atomic E-state index is 13.4. The Bertz CT molecular complexity index is 938. The van der Waals surface area contributed by atoms with Gasteiger partial charge in [0.2, 0.25) is 5.60 Å². The Morgan fingerprint density at radius 2 is 1.41 bits per heavy atom. The fraction of sp³-hybridized carbons (Fsp3) is 0.458. The fourth-order valence-corrected chi connectivity index (χ4v) is 6.65. The molecule has 3 fully saturated rings. The molecule has 1 unspecified atom stereocenters. The molecule has 0 spiro atoms. The summed E-state index contributed by atoms with van der Waals surface area (Å²) in [5.74, 6) is 1.09. The molecule has 2 aliphatic carbocycles. The predicted molar refractivity (Wildman–Crippen MR) is 105 cm³/mol. The summed E-state index contributed by atoms with van der Waals surface area (Å²) in [4.78, 5) is 13.4. The van der Waals surface area contributed by atoms with E-state index < -0.39 is 11.6 Å². The van der Waals surface area contributed by atoms with Crippen molar-refractivity contribution in [1.29, 1.82) is 0 Å². The molecule has 29 heavy (non-hydrogen) atoms. The molecule has 2 saturated heterocycles. The van der Waals surface area contributed by atoms with Crippen LogP contribution in [0.1, 0.15) is 30.4 Å². The summed E-state index contributed by atoms with van der Waals surface area (Å²) in [5.41, 5.74) is 1.40. The van der Waals surface area contributed by atoms with Crippen LogP contribution in [0.25, 0.3) is 11.1 Å². The highest BCUT2D eigenvalue weighted by atomic mass is 79.9.